The molecule has 0 aliphatic rings. The van der Waals surface area contributed by atoms with Crippen LogP contribution in [0.5, 0.6) is 0 Å². The van der Waals surface area contributed by atoms with Crippen molar-refractivity contribution in [3.63, 3.8) is 0 Å². The second-order valence-electron chi connectivity index (χ2n) is 2.83. The lowest BCUT2D eigenvalue weighted by Gasteiger charge is -2.01. The molecule has 0 spiro atoms. The number of nitrogens with zero attached hydrogens (tertiary/aromatic N) is 3. The van der Waals surface area contributed by atoms with Crippen LogP contribution in [0.4, 0.5) is 0 Å². The second kappa shape index (κ2) is 3.79. The topological polar surface area (TPSA) is 47.8 Å². The Morgan fingerprint density at radius 1 is 1.43 bits per heavy atom. The number of fused-ring (bicyclic) bond motifs is 1. The van der Waals surface area contributed by atoms with Gasteiger partial charge in [-0.2, -0.15) is 0 Å². The second-order valence-corrected chi connectivity index (χ2v) is 3.66. The van der Waals surface area contributed by atoms with Gasteiger partial charge in [0.05, 0.1) is 11.3 Å². The molecule has 0 unspecified atom stereocenters. The van der Waals surface area contributed by atoms with Crippen molar-refractivity contribution >= 4 is 22.7 Å². The van der Waals surface area contributed by atoms with Crippen LogP contribution in [-0.2, 0) is 5.88 Å². The van der Waals surface area contributed by atoms with Gasteiger partial charge < -0.3 is 0 Å². The van der Waals surface area contributed by atoms with Gasteiger partial charge in [-0.15, -0.1) is 16.9 Å². The van der Waals surface area contributed by atoms with E-state index in [0.29, 0.717) is 16.8 Å². The molecule has 0 atom stereocenters. The van der Waals surface area contributed by atoms with Gasteiger partial charge in [-0.3, -0.25) is 4.79 Å². The first-order valence-electron chi connectivity index (χ1n) is 4.14. The summed E-state index contributed by atoms with van der Waals surface area (Å²) < 4.78 is 1.37. The summed E-state index contributed by atoms with van der Waals surface area (Å²) in [6.45, 7) is 0. The molecule has 0 saturated heterocycles. The van der Waals surface area contributed by atoms with Crippen LogP contribution in [0.1, 0.15) is 0 Å². The van der Waals surface area contributed by atoms with Gasteiger partial charge in [0, 0.05) is 0 Å². The maximum Gasteiger partial charge on any atom is 0.278 e. The summed E-state index contributed by atoms with van der Waals surface area (Å²) in [7, 11) is 0. The fourth-order valence-electron chi connectivity index (χ4n) is 1.23. The van der Waals surface area contributed by atoms with E-state index in [4.69, 9.17) is 0 Å². The third kappa shape index (κ3) is 1.50. The Morgan fingerprint density at radius 2 is 2.21 bits per heavy atom. The monoisotopic (exact) mass is 207 g/mol. The van der Waals surface area contributed by atoms with Crippen molar-refractivity contribution in [3.8, 4) is 0 Å². The Morgan fingerprint density at radius 3 is 3.00 bits per heavy atom. The summed E-state index contributed by atoms with van der Waals surface area (Å²) in [6, 6.07) is 7.22. The summed E-state index contributed by atoms with van der Waals surface area (Å²) >= 11 is 1.54. The maximum absolute atomic E-state index is 11.8. The van der Waals surface area contributed by atoms with Crippen LogP contribution in [0, 0.1) is 0 Å². The van der Waals surface area contributed by atoms with E-state index in [0.717, 1.165) is 0 Å². The molecule has 1 aromatic carbocycles. The third-order valence-corrected chi connectivity index (χ3v) is 2.38. The molecule has 0 fully saturated rings. The summed E-state index contributed by atoms with van der Waals surface area (Å²) in [5, 5.41) is 8.41. The number of benzene rings is 1. The Labute approximate surface area is 84.9 Å². The lowest BCUT2D eigenvalue weighted by atomic mass is 10.2. The molecule has 0 radical (unpaired) electrons. The summed E-state index contributed by atoms with van der Waals surface area (Å²) in [6.07, 6.45) is 1.92. The van der Waals surface area contributed by atoms with Crippen molar-refractivity contribution in [2.75, 3.05) is 6.26 Å². The van der Waals surface area contributed by atoms with Gasteiger partial charge >= 0.3 is 0 Å². The first-order valence-corrected chi connectivity index (χ1v) is 5.54. The standard InChI is InChI=1S/C9H9N3OS/c1-14-6-12-9(13)7-4-2-3-5-8(7)10-11-12/h2-5H,6H2,1H3. The number of aromatic nitrogens is 3. The number of hydrogen-bond donors (Lipinski definition) is 0. The average molecular weight is 207 g/mol. The zero-order valence-corrected chi connectivity index (χ0v) is 8.49. The van der Waals surface area contributed by atoms with Crippen LogP contribution < -0.4 is 5.56 Å². The summed E-state index contributed by atoms with van der Waals surface area (Å²) in [5.41, 5.74) is 0.569. The highest BCUT2D eigenvalue weighted by molar-refractivity contribution is 7.97. The van der Waals surface area contributed by atoms with Gasteiger partial charge in [-0.05, 0) is 18.4 Å². The van der Waals surface area contributed by atoms with Crippen molar-refractivity contribution < 1.29 is 0 Å². The molecule has 1 aromatic heterocycles. The summed E-state index contributed by atoms with van der Waals surface area (Å²) in [5.74, 6) is 0.538. The lowest BCUT2D eigenvalue weighted by molar-refractivity contribution is 0.646. The highest BCUT2D eigenvalue weighted by atomic mass is 32.2. The van der Waals surface area contributed by atoms with E-state index >= 15 is 0 Å². The fraction of sp³-hybridized carbons (Fsp3) is 0.222. The minimum atomic E-state index is -0.0787. The molecule has 1 heterocycles. The van der Waals surface area contributed by atoms with E-state index in [2.05, 4.69) is 10.3 Å². The van der Waals surface area contributed by atoms with E-state index in [1.54, 1.807) is 12.1 Å². The molecule has 0 aliphatic heterocycles. The lowest BCUT2D eigenvalue weighted by Crippen LogP contribution is -2.23. The van der Waals surface area contributed by atoms with Gasteiger partial charge in [-0.1, -0.05) is 17.3 Å². The van der Waals surface area contributed by atoms with E-state index in [1.807, 2.05) is 18.4 Å². The molecule has 0 saturated carbocycles. The quantitative estimate of drug-likeness (QED) is 0.740. The van der Waals surface area contributed by atoms with Crippen LogP contribution in [0.2, 0.25) is 0 Å². The van der Waals surface area contributed by atoms with Gasteiger partial charge in [0.25, 0.3) is 5.56 Å². The van der Waals surface area contributed by atoms with E-state index in [9.17, 15) is 4.79 Å². The largest absolute Gasteiger partial charge is 0.278 e. The van der Waals surface area contributed by atoms with Crippen LogP contribution >= 0.6 is 11.8 Å². The normalized spacial score (nSPS) is 10.6. The van der Waals surface area contributed by atoms with Crippen molar-refractivity contribution in [1.29, 1.82) is 0 Å². The van der Waals surface area contributed by atoms with Crippen LogP contribution in [-0.4, -0.2) is 21.2 Å². The maximum atomic E-state index is 11.8. The van der Waals surface area contributed by atoms with Crippen molar-refractivity contribution in [2.45, 2.75) is 5.88 Å². The van der Waals surface area contributed by atoms with Gasteiger partial charge in [0.15, 0.2) is 0 Å². The van der Waals surface area contributed by atoms with E-state index < -0.39 is 0 Å². The van der Waals surface area contributed by atoms with Gasteiger partial charge in [0.1, 0.15) is 5.52 Å². The minimum Gasteiger partial charge on any atom is -0.267 e. The Bertz CT molecular complexity index is 509. The Balaban J connectivity index is 2.69. The van der Waals surface area contributed by atoms with Gasteiger partial charge in [-0.25, -0.2) is 4.68 Å². The molecule has 2 rings (SSSR count). The molecule has 0 aliphatic carbocycles. The first kappa shape index (κ1) is 9.21. The van der Waals surface area contributed by atoms with Crippen LogP contribution in [0.25, 0.3) is 10.9 Å². The Kier molecular flexibility index (Phi) is 2.49. The molecular formula is C9H9N3OS. The predicted molar refractivity (Wildman–Crippen MR) is 57.3 cm³/mol. The molecular weight excluding hydrogens is 198 g/mol. The fourth-order valence-corrected chi connectivity index (χ4v) is 1.64. The third-order valence-electron chi connectivity index (χ3n) is 1.88. The highest BCUT2D eigenvalue weighted by Crippen LogP contribution is 2.04. The molecule has 72 valence electrons. The zero-order chi connectivity index (χ0) is 9.97. The zero-order valence-electron chi connectivity index (χ0n) is 7.67. The van der Waals surface area contributed by atoms with Crippen LogP contribution in [0.3, 0.4) is 0 Å². The van der Waals surface area contributed by atoms with E-state index in [-0.39, 0.29) is 5.56 Å². The number of hydrogen-bond acceptors (Lipinski definition) is 4. The SMILES string of the molecule is CSCn1nnc2ccccc2c1=O. The summed E-state index contributed by atoms with van der Waals surface area (Å²) in [4.78, 5) is 11.8. The smallest absolute Gasteiger partial charge is 0.267 e. The van der Waals surface area contributed by atoms with Gasteiger partial charge in [0.2, 0.25) is 0 Å². The van der Waals surface area contributed by atoms with Crippen molar-refractivity contribution in [1.82, 2.24) is 15.0 Å². The molecule has 2 aromatic rings. The van der Waals surface area contributed by atoms with Crippen molar-refractivity contribution in [2.24, 2.45) is 0 Å². The minimum absolute atomic E-state index is 0.0787. The Hall–Kier alpha value is -1.36. The average Bonchev–Trinajstić information content (AvgIpc) is 2.23. The first-order chi connectivity index (χ1) is 6.83. The molecule has 5 heteroatoms. The van der Waals surface area contributed by atoms with Crippen molar-refractivity contribution in [3.05, 3.63) is 34.6 Å². The molecule has 4 nitrogen and oxygen atoms in total. The molecule has 0 N–H and O–H groups in total. The van der Waals surface area contributed by atoms with Crippen LogP contribution in [0.15, 0.2) is 29.1 Å². The number of thioether (sulfide) groups is 1. The van der Waals surface area contributed by atoms with E-state index in [1.165, 1.54) is 16.4 Å². The number of rotatable bonds is 2. The highest BCUT2D eigenvalue weighted by Gasteiger charge is 2.02. The predicted octanol–water partition coefficient (Wildman–Crippen LogP) is 1.11. The molecule has 0 amide bonds. The molecule has 0 bridgehead atoms. The molecule has 14 heavy (non-hydrogen) atoms.